The van der Waals surface area contributed by atoms with E-state index < -0.39 is 5.60 Å². The van der Waals surface area contributed by atoms with E-state index in [4.69, 9.17) is 16.3 Å². The first-order valence-electron chi connectivity index (χ1n) is 8.82. The van der Waals surface area contributed by atoms with Crippen LogP contribution in [-0.4, -0.2) is 63.4 Å². The Morgan fingerprint density at radius 1 is 1.07 bits per heavy atom. The molecule has 1 aromatic carbocycles. The van der Waals surface area contributed by atoms with E-state index in [0.717, 1.165) is 5.69 Å². The Morgan fingerprint density at radius 2 is 1.74 bits per heavy atom. The van der Waals surface area contributed by atoms with Crippen molar-refractivity contribution in [2.24, 2.45) is 0 Å². The summed E-state index contributed by atoms with van der Waals surface area (Å²) in [6.07, 6.45) is 1.38. The molecule has 8 heteroatoms. The molecule has 0 unspecified atom stereocenters. The summed E-state index contributed by atoms with van der Waals surface area (Å²) in [6, 6.07) is 8.94. The van der Waals surface area contributed by atoms with Crippen LogP contribution in [0.1, 0.15) is 31.3 Å². The monoisotopic (exact) mass is 390 g/mol. The van der Waals surface area contributed by atoms with Crippen molar-refractivity contribution in [3.8, 4) is 5.69 Å². The number of carbonyl (C=O) groups excluding carboxylic acids is 2. The number of benzene rings is 1. The van der Waals surface area contributed by atoms with Crippen molar-refractivity contribution in [2.45, 2.75) is 26.4 Å². The van der Waals surface area contributed by atoms with Gasteiger partial charge in [0.25, 0.3) is 5.91 Å². The van der Waals surface area contributed by atoms with Gasteiger partial charge in [0.05, 0.1) is 5.69 Å². The predicted octanol–water partition coefficient (Wildman–Crippen LogP) is 3.22. The minimum Gasteiger partial charge on any atom is -0.444 e. The fourth-order valence-corrected chi connectivity index (χ4v) is 2.97. The molecule has 0 radical (unpaired) electrons. The van der Waals surface area contributed by atoms with E-state index in [0.29, 0.717) is 36.9 Å². The molecule has 0 N–H and O–H groups in total. The van der Waals surface area contributed by atoms with Crippen LogP contribution in [0.3, 0.4) is 0 Å². The zero-order chi connectivity index (χ0) is 19.6. The fraction of sp³-hybridized carbons (Fsp3) is 0.421. The molecular formula is C19H23ClN4O3. The molecule has 1 aliphatic rings. The number of aromatic nitrogens is 2. The van der Waals surface area contributed by atoms with Crippen molar-refractivity contribution in [3.63, 3.8) is 0 Å². The van der Waals surface area contributed by atoms with Gasteiger partial charge in [-0.1, -0.05) is 17.7 Å². The summed E-state index contributed by atoms with van der Waals surface area (Å²) in [7, 11) is 0. The average Bonchev–Trinajstić information content (AvgIpc) is 3.10. The van der Waals surface area contributed by atoms with Gasteiger partial charge in [-0.25, -0.2) is 9.48 Å². The lowest BCUT2D eigenvalue weighted by molar-refractivity contribution is 0.0140. The van der Waals surface area contributed by atoms with Gasteiger partial charge in [0.15, 0.2) is 5.69 Å². The molecule has 1 aliphatic heterocycles. The van der Waals surface area contributed by atoms with E-state index in [9.17, 15) is 9.59 Å². The third-order valence-electron chi connectivity index (χ3n) is 4.10. The summed E-state index contributed by atoms with van der Waals surface area (Å²) in [6.45, 7) is 7.28. The lowest BCUT2D eigenvalue weighted by Crippen LogP contribution is -2.51. The molecule has 27 heavy (non-hydrogen) atoms. The lowest BCUT2D eigenvalue weighted by atomic mass is 10.2. The molecule has 0 spiro atoms. The molecular weight excluding hydrogens is 368 g/mol. The van der Waals surface area contributed by atoms with Gasteiger partial charge in [0, 0.05) is 37.4 Å². The molecule has 2 aromatic rings. The number of amides is 2. The summed E-state index contributed by atoms with van der Waals surface area (Å²) >= 11 is 6.01. The van der Waals surface area contributed by atoms with Gasteiger partial charge in [-0.05, 0) is 45.0 Å². The summed E-state index contributed by atoms with van der Waals surface area (Å²) in [5.41, 5.74) is 0.619. The molecule has 7 nitrogen and oxygen atoms in total. The van der Waals surface area contributed by atoms with Crippen LogP contribution in [0.5, 0.6) is 0 Å². The molecule has 2 amide bonds. The first-order chi connectivity index (χ1) is 12.7. The van der Waals surface area contributed by atoms with Crippen molar-refractivity contribution in [1.82, 2.24) is 19.6 Å². The largest absolute Gasteiger partial charge is 0.444 e. The van der Waals surface area contributed by atoms with Crippen molar-refractivity contribution >= 4 is 23.6 Å². The van der Waals surface area contributed by atoms with Gasteiger partial charge >= 0.3 is 6.09 Å². The van der Waals surface area contributed by atoms with Gasteiger partial charge < -0.3 is 14.5 Å². The van der Waals surface area contributed by atoms with Crippen molar-refractivity contribution in [3.05, 3.63) is 47.2 Å². The van der Waals surface area contributed by atoms with Gasteiger partial charge in [-0.3, -0.25) is 4.79 Å². The molecule has 0 saturated carbocycles. The number of hydrogen-bond acceptors (Lipinski definition) is 4. The third-order valence-corrected chi connectivity index (χ3v) is 4.33. The number of hydrogen-bond donors (Lipinski definition) is 0. The second-order valence-electron chi connectivity index (χ2n) is 7.39. The summed E-state index contributed by atoms with van der Waals surface area (Å²) < 4.78 is 7.00. The topological polar surface area (TPSA) is 67.7 Å². The third kappa shape index (κ3) is 4.80. The maximum atomic E-state index is 12.7. The van der Waals surface area contributed by atoms with Gasteiger partial charge in [0.2, 0.25) is 0 Å². The zero-order valence-electron chi connectivity index (χ0n) is 15.7. The molecule has 1 fully saturated rings. The molecule has 0 bridgehead atoms. The predicted molar refractivity (Wildman–Crippen MR) is 102 cm³/mol. The van der Waals surface area contributed by atoms with Crippen LogP contribution in [0.4, 0.5) is 4.79 Å². The van der Waals surface area contributed by atoms with Crippen LogP contribution in [0, 0.1) is 0 Å². The number of ether oxygens (including phenoxy) is 1. The Kier molecular flexibility index (Phi) is 5.41. The van der Waals surface area contributed by atoms with Crippen molar-refractivity contribution in [2.75, 3.05) is 26.2 Å². The number of nitrogens with zero attached hydrogens (tertiary/aromatic N) is 4. The first kappa shape index (κ1) is 19.2. The Bertz CT molecular complexity index is 835. The van der Waals surface area contributed by atoms with E-state index in [1.54, 1.807) is 38.9 Å². The molecule has 0 aliphatic carbocycles. The highest BCUT2D eigenvalue weighted by molar-refractivity contribution is 6.30. The normalized spacial score (nSPS) is 15.0. The number of rotatable bonds is 2. The Morgan fingerprint density at radius 3 is 2.37 bits per heavy atom. The number of carbonyl (C=O) groups is 2. The highest BCUT2D eigenvalue weighted by Gasteiger charge is 2.28. The van der Waals surface area contributed by atoms with Crippen LogP contribution in [0.2, 0.25) is 5.02 Å². The minimum atomic E-state index is -0.531. The standard InChI is InChI=1S/C19H23ClN4O3/c1-19(2,3)27-18(26)23-11-9-22(10-12-23)17(25)16-7-8-24(21-16)15-6-4-5-14(20)13-15/h4-8,13H,9-12H2,1-3H3. The Balaban J connectivity index is 1.61. The second kappa shape index (κ2) is 7.60. The number of piperazine rings is 1. The van der Waals surface area contributed by atoms with Crippen molar-refractivity contribution in [1.29, 1.82) is 0 Å². The van der Waals surface area contributed by atoms with Crippen LogP contribution < -0.4 is 0 Å². The molecule has 0 atom stereocenters. The average molecular weight is 391 g/mol. The molecule has 1 aromatic heterocycles. The molecule has 1 saturated heterocycles. The van der Waals surface area contributed by atoms with E-state index in [2.05, 4.69) is 5.10 Å². The Hall–Kier alpha value is -2.54. The second-order valence-corrected chi connectivity index (χ2v) is 7.82. The summed E-state index contributed by atoms with van der Waals surface area (Å²) in [5, 5.41) is 4.97. The van der Waals surface area contributed by atoms with E-state index in [1.165, 1.54) is 0 Å². The van der Waals surface area contributed by atoms with E-state index in [1.807, 2.05) is 32.9 Å². The lowest BCUT2D eigenvalue weighted by Gasteiger charge is -2.35. The van der Waals surface area contributed by atoms with Crippen LogP contribution in [-0.2, 0) is 4.74 Å². The molecule has 3 rings (SSSR count). The Labute approximate surface area is 163 Å². The maximum absolute atomic E-state index is 12.7. The number of halogens is 1. The maximum Gasteiger partial charge on any atom is 0.410 e. The highest BCUT2D eigenvalue weighted by Crippen LogP contribution is 2.16. The van der Waals surface area contributed by atoms with E-state index >= 15 is 0 Å². The van der Waals surface area contributed by atoms with E-state index in [-0.39, 0.29) is 12.0 Å². The smallest absolute Gasteiger partial charge is 0.410 e. The van der Waals surface area contributed by atoms with Crippen LogP contribution >= 0.6 is 11.6 Å². The quantitative estimate of drug-likeness (QED) is 0.789. The van der Waals surface area contributed by atoms with Gasteiger partial charge in [-0.2, -0.15) is 5.10 Å². The van der Waals surface area contributed by atoms with Crippen molar-refractivity contribution < 1.29 is 14.3 Å². The highest BCUT2D eigenvalue weighted by atomic mass is 35.5. The summed E-state index contributed by atoms with van der Waals surface area (Å²) in [5.74, 6) is -0.153. The minimum absolute atomic E-state index is 0.153. The zero-order valence-corrected chi connectivity index (χ0v) is 16.4. The molecule has 144 valence electrons. The molecule has 2 heterocycles. The summed E-state index contributed by atoms with van der Waals surface area (Å²) in [4.78, 5) is 28.2. The fourth-order valence-electron chi connectivity index (χ4n) is 2.78. The van der Waals surface area contributed by atoms with Crippen LogP contribution in [0.15, 0.2) is 36.5 Å². The van der Waals surface area contributed by atoms with Gasteiger partial charge in [-0.15, -0.1) is 0 Å². The first-order valence-corrected chi connectivity index (χ1v) is 9.19. The van der Waals surface area contributed by atoms with Gasteiger partial charge in [0.1, 0.15) is 5.60 Å². The SMILES string of the molecule is CC(C)(C)OC(=O)N1CCN(C(=O)c2ccn(-c3cccc(Cl)c3)n2)CC1. The van der Waals surface area contributed by atoms with Crippen LogP contribution in [0.25, 0.3) is 5.69 Å².